The Kier molecular flexibility index (Phi) is 6.91. The number of methoxy groups -OCH3 is 3. The number of carboxylic acid groups (broad SMARTS) is 1. The Bertz CT molecular complexity index is 1230. The Labute approximate surface area is 194 Å². The number of hydrogen-bond acceptors (Lipinski definition) is 8. The van der Waals surface area contributed by atoms with Gasteiger partial charge < -0.3 is 24.6 Å². The molecule has 1 aliphatic heterocycles. The van der Waals surface area contributed by atoms with Crippen LogP contribution >= 0.6 is 23.4 Å². The molecule has 9 nitrogen and oxygen atoms in total. The van der Waals surface area contributed by atoms with Gasteiger partial charge in [0, 0.05) is 33.8 Å². The Morgan fingerprint density at radius 2 is 1.75 bits per heavy atom. The molecule has 0 saturated heterocycles. The summed E-state index contributed by atoms with van der Waals surface area (Å²) in [6.45, 7) is 1.67. The molecule has 0 aliphatic carbocycles. The second kappa shape index (κ2) is 9.31. The van der Waals surface area contributed by atoms with Gasteiger partial charge in [0.25, 0.3) is 10.0 Å². The molecule has 2 N–H and O–H groups in total. The zero-order valence-corrected chi connectivity index (χ0v) is 19.8. The summed E-state index contributed by atoms with van der Waals surface area (Å²) < 4.78 is 45.8. The molecule has 12 heteroatoms. The standard InChI is InChI=1S/C20H19ClN2O7S2/c1-10-5-17-15(8-12(10)21)31-16(9-18(24)25)20(23-32(17,26)27)22-11-6-13(28-2)19(30-4)14(7-11)29-3/h5-9H,1-4H3,(H,22,23)(H,24,25)/b16-9-. The van der Waals surface area contributed by atoms with Crippen LogP contribution in [0.2, 0.25) is 5.02 Å². The highest BCUT2D eigenvalue weighted by Gasteiger charge is 2.28. The first kappa shape index (κ1) is 23.8. The van der Waals surface area contributed by atoms with Crippen LogP contribution in [-0.2, 0) is 14.8 Å². The van der Waals surface area contributed by atoms with Crippen molar-refractivity contribution in [2.24, 2.45) is 4.40 Å². The van der Waals surface area contributed by atoms with Crippen LogP contribution in [0.5, 0.6) is 17.2 Å². The molecule has 0 atom stereocenters. The maximum atomic E-state index is 13.0. The van der Waals surface area contributed by atoms with Crippen molar-refractivity contribution in [3.05, 3.63) is 45.8 Å². The van der Waals surface area contributed by atoms with Gasteiger partial charge in [0.1, 0.15) is 4.90 Å². The summed E-state index contributed by atoms with van der Waals surface area (Å²) in [6, 6.07) is 5.96. The van der Waals surface area contributed by atoms with Gasteiger partial charge in [0.15, 0.2) is 17.3 Å². The number of aryl methyl sites for hydroxylation is 1. The first-order valence-electron chi connectivity index (χ1n) is 8.94. The SMILES string of the molecule is COc1cc(NC2=NS(=O)(=O)c3cc(C)c(Cl)cc3S/C2=C\C(=O)O)cc(OC)c1OC. The van der Waals surface area contributed by atoms with Crippen LogP contribution in [-0.4, -0.2) is 46.7 Å². The molecule has 0 aromatic heterocycles. The molecule has 0 saturated carbocycles. The fraction of sp³-hybridized carbons (Fsp3) is 0.200. The van der Waals surface area contributed by atoms with Crippen LogP contribution in [0.4, 0.5) is 5.69 Å². The Hall–Kier alpha value is -2.89. The fourth-order valence-electron chi connectivity index (χ4n) is 2.88. The van der Waals surface area contributed by atoms with E-state index >= 15 is 0 Å². The Morgan fingerprint density at radius 3 is 2.28 bits per heavy atom. The van der Waals surface area contributed by atoms with Gasteiger partial charge in [-0.05, 0) is 24.6 Å². The molecular weight excluding hydrogens is 480 g/mol. The molecule has 0 amide bonds. The van der Waals surface area contributed by atoms with Crippen molar-refractivity contribution in [1.29, 1.82) is 0 Å². The van der Waals surface area contributed by atoms with E-state index < -0.39 is 16.0 Å². The lowest BCUT2D eigenvalue weighted by molar-refractivity contribution is -0.131. The van der Waals surface area contributed by atoms with Gasteiger partial charge in [-0.15, -0.1) is 4.40 Å². The molecule has 0 radical (unpaired) electrons. The third-order valence-electron chi connectivity index (χ3n) is 4.35. The van der Waals surface area contributed by atoms with Crippen molar-refractivity contribution < 1.29 is 32.5 Å². The monoisotopic (exact) mass is 498 g/mol. The normalized spacial score (nSPS) is 15.9. The highest BCUT2D eigenvalue weighted by atomic mass is 35.5. The number of halogens is 1. The Morgan fingerprint density at radius 1 is 1.12 bits per heavy atom. The topological polar surface area (TPSA) is 124 Å². The number of rotatable bonds is 5. The number of fused-ring (bicyclic) bond motifs is 1. The van der Waals surface area contributed by atoms with Crippen molar-refractivity contribution in [2.75, 3.05) is 26.6 Å². The molecule has 0 fully saturated rings. The number of hydrogen-bond donors (Lipinski definition) is 2. The van der Waals surface area contributed by atoms with Crippen molar-refractivity contribution in [2.45, 2.75) is 16.7 Å². The van der Waals surface area contributed by atoms with Gasteiger partial charge in [-0.1, -0.05) is 23.4 Å². The minimum Gasteiger partial charge on any atom is -0.493 e. The summed E-state index contributed by atoms with van der Waals surface area (Å²) in [4.78, 5) is 11.7. The highest BCUT2D eigenvalue weighted by molar-refractivity contribution is 8.05. The summed E-state index contributed by atoms with van der Waals surface area (Å²) in [5, 5.41) is 12.6. The third-order valence-corrected chi connectivity index (χ3v) is 7.29. The number of ether oxygens (including phenoxy) is 3. The van der Waals surface area contributed by atoms with Gasteiger partial charge in [-0.3, -0.25) is 0 Å². The zero-order chi connectivity index (χ0) is 23.6. The van der Waals surface area contributed by atoms with Gasteiger partial charge in [-0.25, -0.2) is 4.79 Å². The van der Waals surface area contributed by atoms with Gasteiger partial charge in [-0.2, -0.15) is 8.42 Å². The predicted octanol–water partition coefficient (Wildman–Crippen LogP) is 3.95. The van der Waals surface area contributed by atoms with Crippen LogP contribution in [0, 0.1) is 6.92 Å². The molecule has 3 rings (SSSR count). The van der Waals surface area contributed by atoms with E-state index in [2.05, 4.69) is 9.71 Å². The largest absolute Gasteiger partial charge is 0.493 e. The van der Waals surface area contributed by atoms with Crippen LogP contribution in [0.3, 0.4) is 0 Å². The van der Waals surface area contributed by atoms with Crippen LogP contribution in [0.25, 0.3) is 0 Å². The van der Waals surface area contributed by atoms with Crippen molar-refractivity contribution in [3.63, 3.8) is 0 Å². The second-order valence-electron chi connectivity index (χ2n) is 6.45. The molecular formula is C20H19ClN2O7S2. The van der Waals surface area contributed by atoms with Gasteiger partial charge in [0.2, 0.25) is 5.75 Å². The molecule has 0 bridgehead atoms. The Balaban J connectivity index is 2.18. The van der Waals surface area contributed by atoms with Crippen LogP contribution in [0.15, 0.2) is 49.4 Å². The minimum absolute atomic E-state index is 0.0634. The second-order valence-corrected chi connectivity index (χ2v) is 9.51. The number of nitrogens with one attached hydrogen (secondary N) is 1. The molecule has 1 heterocycles. The van der Waals surface area contributed by atoms with E-state index in [9.17, 15) is 18.3 Å². The van der Waals surface area contributed by atoms with E-state index in [0.29, 0.717) is 33.5 Å². The van der Waals surface area contributed by atoms with Crippen molar-refractivity contribution >= 4 is 50.9 Å². The number of carbonyl (C=O) groups is 1. The van der Waals surface area contributed by atoms with E-state index in [1.165, 1.54) is 33.5 Å². The first-order valence-corrected chi connectivity index (χ1v) is 11.6. The lowest BCUT2D eigenvalue weighted by Gasteiger charge is -2.16. The number of amidine groups is 1. The predicted molar refractivity (Wildman–Crippen MR) is 122 cm³/mol. The van der Waals surface area contributed by atoms with E-state index in [1.807, 2.05) is 0 Å². The van der Waals surface area contributed by atoms with E-state index in [1.54, 1.807) is 19.1 Å². The number of nitrogens with zero attached hydrogens (tertiary/aromatic N) is 1. The number of benzene rings is 2. The van der Waals surface area contributed by atoms with E-state index in [-0.39, 0.29) is 20.5 Å². The summed E-state index contributed by atoms with van der Waals surface area (Å²) in [5.41, 5.74) is 0.889. The number of thioether (sulfide) groups is 1. The lowest BCUT2D eigenvalue weighted by atomic mass is 10.2. The summed E-state index contributed by atoms with van der Waals surface area (Å²) in [7, 11) is 0.141. The molecule has 32 heavy (non-hydrogen) atoms. The lowest BCUT2D eigenvalue weighted by Crippen LogP contribution is -2.16. The highest BCUT2D eigenvalue weighted by Crippen LogP contribution is 2.42. The number of sulfonamides is 1. The van der Waals surface area contributed by atoms with Crippen LogP contribution < -0.4 is 19.5 Å². The summed E-state index contributed by atoms with van der Waals surface area (Å²) >= 11 is 7.09. The molecule has 1 aliphatic rings. The average molecular weight is 499 g/mol. The number of carboxylic acids is 1. The van der Waals surface area contributed by atoms with Gasteiger partial charge >= 0.3 is 5.97 Å². The van der Waals surface area contributed by atoms with Crippen molar-refractivity contribution in [1.82, 2.24) is 0 Å². The van der Waals surface area contributed by atoms with Crippen LogP contribution in [0.1, 0.15) is 5.56 Å². The molecule has 0 unspecified atom stereocenters. The summed E-state index contributed by atoms with van der Waals surface area (Å²) in [6.07, 6.45) is 0.868. The molecule has 0 spiro atoms. The first-order chi connectivity index (χ1) is 15.1. The van der Waals surface area contributed by atoms with Gasteiger partial charge in [0.05, 0.1) is 26.2 Å². The third kappa shape index (κ3) is 4.79. The average Bonchev–Trinajstić information content (AvgIpc) is 2.82. The molecule has 2 aromatic rings. The fourth-order valence-corrected chi connectivity index (χ4v) is 5.66. The zero-order valence-electron chi connectivity index (χ0n) is 17.4. The molecule has 2 aromatic carbocycles. The maximum Gasteiger partial charge on any atom is 0.329 e. The van der Waals surface area contributed by atoms with E-state index in [4.69, 9.17) is 25.8 Å². The minimum atomic E-state index is -4.17. The number of aliphatic carboxylic acids is 1. The molecule has 170 valence electrons. The smallest absolute Gasteiger partial charge is 0.329 e. The summed E-state index contributed by atoms with van der Waals surface area (Å²) in [5.74, 6) is -0.492. The van der Waals surface area contributed by atoms with Crippen molar-refractivity contribution in [3.8, 4) is 17.2 Å². The van der Waals surface area contributed by atoms with E-state index in [0.717, 1.165) is 17.8 Å². The maximum absolute atomic E-state index is 13.0. The number of anilines is 1. The quantitative estimate of drug-likeness (QED) is 0.589.